The van der Waals surface area contributed by atoms with Crippen LogP contribution < -0.4 is 5.32 Å². The average Bonchev–Trinajstić information content (AvgIpc) is 2.40. The van der Waals surface area contributed by atoms with E-state index in [0.29, 0.717) is 11.5 Å². The van der Waals surface area contributed by atoms with Crippen molar-refractivity contribution in [3.8, 4) is 0 Å². The molecule has 2 atom stereocenters. The molecule has 1 N–H and O–H groups in total. The fourth-order valence-corrected chi connectivity index (χ4v) is 3.02. The molecule has 0 radical (unpaired) electrons. The van der Waals surface area contributed by atoms with E-state index >= 15 is 0 Å². The van der Waals surface area contributed by atoms with Crippen LogP contribution in [0.15, 0.2) is 18.2 Å². The number of nitrogens with one attached hydrogen (secondary N) is 1. The van der Waals surface area contributed by atoms with Crippen LogP contribution in [0.3, 0.4) is 0 Å². The van der Waals surface area contributed by atoms with E-state index in [1.807, 2.05) is 32.9 Å². The summed E-state index contributed by atoms with van der Waals surface area (Å²) < 4.78 is 18.7. The molecular weight excluding hydrogens is 281 g/mol. The summed E-state index contributed by atoms with van der Waals surface area (Å²) in [5, 5.41) is 2.97. The van der Waals surface area contributed by atoms with Crippen LogP contribution in [-0.2, 0) is 4.74 Å². The number of carbonyl (C=O) groups is 1. The molecule has 1 aromatic rings. The molecule has 4 heteroatoms. The van der Waals surface area contributed by atoms with Crippen LogP contribution in [0.5, 0.6) is 0 Å². The molecular formula is C18H26FNO2. The zero-order valence-electron chi connectivity index (χ0n) is 13.9. The number of rotatable bonds is 2. The van der Waals surface area contributed by atoms with Gasteiger partial charge in [0.1, 0.15) is 11.4 Å². The molecule has 0 unspecified atom stereocenters. The fourth-order valence-electron chi connectivity index (χ4n) is 3.02. The lowest BCUT2D eigenvalue weighted by molar-refractivity contribution is 0.0490. The van der Waals surface area contributed by atoms with Crippen molar-refractivity contribution in [3.63, 3.8) is 0 Å². The lowest BCUT2D eigenvalue weighted by atomic mass is 9.81. The summed E-state index contributed by atoms with van der Waals surface area (Å²) in [6.45, 7) is 7.37. The molecule has 0 spiro atoms. The van der Waals surface area contributed by atoms with E-state index in [4.69, 9.17) is 4.74 Å². The molecule has 22 heavy (non-hydrogen) atoms. The normalized spacial score (nSPS) is 22.2. The third kappa shape index (κ3) is 4.72. The second-order valence-electron chi connectivity index (χ2n) is 7.22. The first kappa shape index (κ1) is 16.8. The van der Waals surface area contributed by atoms with Crippen molar-refractivity contribution in [3.05, 3.63) is 35.1 Å². The van der Waals surface area contributed by atoms with Crippen LogP contribution >= 0.6 is 0 Å². The van der Waals surface area contributed by atoms with Gasteiger partial charge in [-0.15, -0.1) is 0 Å². The van der Waals surface area contributed by atoms with E-state index in [0.717, 1.165) is 31.2 Å². The van der Waals surface area contributed by atoms with Gasteiger partial charge in [0.05, 0.1) is 0 Å². The first-order chi connectivity index (χ1) is 10.2. The standard InChI is InChI=1S/C18H26FNO2/c1-12-10-14(8-9-16(12)19)13-6-5-7-15(11-13)20-17(21)22-18(2,3)4/h8-10,13,15H,5-7,11H2,1-4H3,(H,20,21)/t13-,15+/m0/s1. The Morgan fingerprint density at radius 1 is 1.32 bits per heavy atom. The van der Waals surface area contributed by atoms with Gasteiger partial charge in [-0.1, -0.05) is 18.6 Å². The average molecular weight is 307 g/mol. The van der Waals surface area contributed by atoms with Gasteiger partial charge in [0.25, 0.3) is 0 Å². The highest BCUT2D eigenvalue weighted by molar-refractivity contribution is 5.68. The molecule has 0 bridgehead atoms. The quantitative estimate of drug-likeness (QED) is 0.861. The summed E-state index contributed by atoms with van der Waals surface area (Å²) in [7, 11) is 0. The Bertz CT molecular complexity index is 536. The first-order valence-corrected chi connectivity index (χ1v) is 8.00. The van der Waals surface area contributed by atoms with Crippen molar-refractivity contribution in [2.24, 2.45) is 0 Å². The number of amides is 1. The summed E-state index contributed by atoms with van der Waals surface area (Å²) in [6.07, 6.45) is 3.63. The highest BCUT2D eigenvalue weighted by atomic mass is 19.1. The molecule has 1 aromatic carbocycles. The van der Waals surface area contributed by atoms with Crippen LogP contribution in [0.1, 0.15) is 63.5 Å². The van der Waals surface area contributed by atoms with E-state index in [9.17, 15) is 9.18 Å². The number of carbonyl (C=O) groups excluding carboxylic acids is 1. The van der Waals surface area contributed by atoms with Gasteiger partial charge >= 0.3 is 6.09 Å². The van der Waals surface area contributed by atoms with Crippen molar-refractivity contribution in [2.45, 2.75) is 70.9 Å². The van der Waals surface area contributed by atoms with Crippen molar-refractivity contribution in [2.75, 3.05) is 0 Å². The molecule has 0 aliphatic heterocycles. The van der Waals surface area contributed by atoms with Gasteiger partial charge in [-0.05, 0) is 70.1 Å². The second-order valence-corrected chi connectivity index (χ2v) is 7.22. The maximum Gasteiger partial charge on any atom is 0.407 e. The lowest BCUT2D eigenvalue weighted by Crippen LogP contribution is -2.41. The highest BCUT2D eigenvalue weighted by Gasteiger charge is 2.26. The maximum absolute atomic E-state index is 13.4. The number of alkyl carbamates (subject to hydrolysis) is 1. The van der Waals surface area contributed by atoms with Crippen LogP contribution in [0, 0.1) is 12.7 Å². The molecule has 3 nitrogen and oxygen atoms in total. The smallest absolute Gasteiger partial charge is 0.407 e. The van der Waals surface area contributed by atoms with Gasteiger partial charge in [-0.3, -0.25) is 0 Å². The lowest BCUT2D eigenvalue weighted by Gasteiger charge is -2.31. The number of ether oxygens (including phenoxy) is 1. The molecule has 1 aliphatic rings. The zero-order chi connectivity index (χ0) is 16.3. The Balaban J connectivity index is 1.96. The predicted molar refractivity (Wildman–Crippen MR) is 85.5 cm³/mol. The molecule has 0 heterocycles. The van der Waals surface area contributed by atoms with Crippen molar-refractivity contribution in [1.82, 2.24) is 5.32 Å². The fraction of sp³-hybridized carbons (Fsp3) is 0.611. The van der Waals surface area contributed by atoms with Gasteiger partial charge in [0, 0.05) is 6.04 Å². The Kier molecular flexibility index (Phi) is 5.09. The Labute approximate surface area is 132 Å². The number of halogens is 1. The van der Waals surface area contributed by atoms with Crippen LogP contribution in [0.2, 0.25) is 0 Å². The topological polar surface area (TPSA) is 38.3 Å². The van der Waals surface area contributed by atoms with E-state index < -0.39 is 5.60 Å². The predicted octanol–water partition coefficient (Wildman–Crippen LogP) is 4.69. The van der Waals surface area contributed by atoms with E-state index in [2.05, 4.69) is 5.32 Å². The second kappa shape index (κ2) is 6.67. The zero-order valence-corrected chi connectivity index (χ0v) is 13.9. The molecule has 0 aromatic heterocycles. The SMILES string of the molecule is Cc1cc([C@H]2CCC[C@@H](NC(=O)OC(C)(C)C)C2)ccc1F. The van der Waals surface area contributed by atoms with Crippen LogP contribution in [-0.4, -0.2) is 17.7 Å². The van der Waals surface area contributed by atoms with Gasteiger partial charge in [0.2, 0.25) is 0 Å². The third-order valence-electron chi connectivity index (χ3n) is 4.05. The Morgan fingerprint density at radius 3 is 2.68 bits per heavy atom. The molecule has 1 aliphatic carbocycles. The molecule has 122 valence electrons. The monoisotopic (exact) mass is 307 g/mol. The third-order valence-corrected chi connectivity index (χ3v) is 4.05. The Morgan fingerprint density at radius 2 is 2.05 bits per heavy atom. The largest absolute Gasteiger partial charge is 0.444 e. The van der Waals surface area contributed by atoms with E-state index in [1.165, 1.54) is 6.07 Å². The first-order valence-electron chi connectivity index (χ1n) is 8.00. The van der Waals surface area contributed by atoms with Gasteiger partial charge < -0.3 is 10.1 Å². The van der Waals surface area contributed by atoms with Gasteiger partial charge in [-0.25, -0.2) is 9.18 Å². The van der Waals surface area contributed by atoms with Crippen molar-refractivity contribution in [1.29, 1.82) is 0 Å². The van der Waals surface area contributed by atoms with E-state index in [1.54, 1.807) is 6.92 Å². The molecule has 1 saturated carbocycles. The molecule has 0 saturated heterocycles. The molecule has 2 rings (SSSR count). The van der Waals surface area contributed by atoms with Crippen molar-refractivity contribution < 1.29 is 13.9 Å². The Hall–Kier alpha value is -1.58. The van der Waals surface area contributed by atoms with Gasteiger partial charge in [0.15, 0.2) is 0 Å². The summed E-state index contributed by atoms with van der Waals surface area (Å²) in [6, 6.07) is 5.45. The van der Waals surface area contributed by atoms with Gasteiger partial charge in [-0.2, -0.15) is 0 Å². The number of hydrogen-bond donors (Lipinski definition) is 1. The van der Waals surface area contributed by atoms with Crippen LogP contribution in [0.25, 0.3) is 0 Å². The highest BCUT2D eigenvalue weighted by Crippen LogP contribution is 2.33. The summed E-state index contributed by atoms with van der Waals surface area (Å²) >= 11 is 0. The number of hydrogen-bond acceptors (Lipinski definition) is 2. The number of benzene rings is 1. The summed E-state index contributed by atoms with van der Waals surface area (Å²) in [4.78, 5) is 11.9. The van der Waals surface area contributed by atoms with Crippen molar-refractivity contribution >= 4 is 6.09 Å². The minimum Gasteiger partial charge on any atom is -0.444 e. The summed E-state index contributed by atoms with van der Waals surface area (Å²) in [5.41, 5.74) is 1.36. The summed E-state index contributed by atoms with van der Waals surface area (Å²) in [5.74, 6) is 0.205. The molecule has 1 fully saturated rings. The van der Waals surface area contributed by atoms with E-state index in [-0.39, 0.29) is 18.0 Å². The van der Waals surface area contributed by atoms with Crippen LogP contribution in [0.4, 0.5) is 9.18 Å². The maximum atomic E-state index is 13.4. The number of aryl methyl sites for hydroxylation is 1. The minimum atomic E-state index is -0.480. The minimum absolute atomic E-state index is 0.124. The molecule has 1 amide bonds.